The van der Waals surface area contributed by atoms with Gasteiger partial charge in [-0.15, -0.1) is 0 Å². The second-order valence-corrected chi connectivity index (χ2v) is 5.09. The maximum Gasteiger partial charge on any atom is 0.165 e. The zero-order valence-corrected chi connectivity index (χ0v) is 12.2. The molecule has 0 fully saturated rings. The van der Waals surface area contributed by atoms with Gasteiger partial charge in [-0.05, 0) is 36.8 Å². The molecule has 2 N–H and O–H groups in total. The summed E-state index contributed by atoms with van der Waals surface area (Å²) in [7, 11) is 0. The maximum absolute atomic E-state index is 13.9. The summed E-state index contributed by atoms with van der Waals surface area (Å²) in [6, 6.07) is 11.3. The molecule has 2 rings (SSSR count). The molecule has 0 radical (unpaired) electrons. The lowest BCUT2D eigenvalue weighted by atomic mass is 10.1. The van der Waals surface area contributed by atoms with E-state index >= 15 is 0 Å². The van der Waals surface area contributed by atoms with E-state index in [2.05, 4.69) is 0 Å². The first-order valence-corrected chi connectivity index (χ1v) is 6.75. The molecule has 3 nitrogen and oxygen atoms in total. The van der Waals surface area contributed by atoms with Crippen molar-refractivity contribution >= 4 is 11.6 Å². The average molecular weight is 305 g/mol. The summed E-state index contributed by atoms with van der Waals surface area (Å²) in [5, 5.41) is 9.19. The number of rotatable bonds is 4. The number of hydrogen-bond donors (Lipinski definition) is 1. The van der Waals surface area contributed by atoms with Crippen molar-refractivity contribution in [2.45, 2.75) is 19.6 Å². The highest BCUT2D eigenvalue weighted by Crippen LogP contribution is 2.24. The van der Waals surface area contributed by atoms with Gasteiger partial charge in [0.2, 0.25) is 0 Å². The normalized spacial score (nSPS) is 11.8. The van der Waals surface area contributed by atoms with Gasteiger partial charge in [0.15, 0.2) is 11.6 Å². The highest BCUT2D eigenvalue weighted by atomic mass is 35.5. The number of nitrogens with two attached hydrogens (primary N) is 1. The van der Waals surface area contributed by atoms with E-state index in [0.29, 0.717) is 21.7 Å². The fraction of sp³-hybridized carbons (Fsp3) is 0.188. The first-order valence-electron chi connectivity index (χ1n) is 6.37. The third-order valence-electron chi connectivity index (χ3n) is 3.05. The fourth-order valence-corrected chi connectivity index (χ4v) is 2.04. The van der Waals surface area contributed by atoms with Crippen molar-refractivity contribution < 1.29 is 9.13 Å². The molecule has 2 aromatic carbocycles. The molecule has 1 atom stereocenters. The van der Waals surface area contributed by atoms with Gasteiger partial charge in [0.1, 0.15) is 6.61 Å². The Morgan fingerprint density at radius 3 is 2.67 bits per heavy atom. The van der Waals surface area contributed by atoms with Crippen LogP contribution in [-0.2, 0) is 6.61 Å². The monoisotopic (exact) mass is 304 g/mol. The van der Waals surface area contributed by atoms with Crippen LogP contribution in [0, 0.1) is 17.1 Å². The molecule has 0 aliphatic carbocycles. The highest BCUT2D eigenvalue weighted by molar-refractivity contribution is 6.31. The van der Waals surface area contributed by atoms with Crippen molar-refractivity contribution in [1.29, 1.82) is 5.26 Å². The zero-order valence-electron chi connectivity index (χ0n) is 11.4. The average Bonchev–Trinajstić information content (AvgIpc) is 2.46. The lowest BCUT2D eigenvalue weighted by molar-refractivity contribution is 0.290. The van der Waals surface area contributed by atoms with Gasteiger partial charge < -0.3 is 10.5 Å². The number of nitriles is 1. The molecule has 0 aliphatic heterocycles. The quantitative estimate of drug-likeness (QED) is 0.930. The van der Waals surface area contributed by atoms with Crippen molar-refractivity contribution in [3.8, 4) is 11.8 Å². The molecule has 0 aromatic heterocycles. The van der Waals surface area contributed by atoms with Gasteiger partial charge in [-0.1, -0.05) is 23.7 Å². The van der Waals surface area contributed by atoms with E-state index in [1.807, 2.05) is 6.07 Å². The van der Waals surface area contributed by atoms with Crippen LogP contribution in [0.15, 0.2) is 36.4 Å². The van der Waals surface area contributed by atoms with Gasteiger partial charge >= 0.3 is 0 Å². The lowest BCUT2D eigenvalue weighted by Gasteiger charge is -2.11. The second kappa shape index (κ2) is 6.57. The lowest BCUT2D eigenvalue weighted by Crippen LogP contribution is -2.06. The van der Waals surface area contributed by atoms with E-state index in [9.17, 15) is 4.39 Å². The Kier molecular flexibility index (Phi) is 4.79. The third kappa shape index (κ3) is 3.72. The second-order valence-electron chi connectivity index (χ2n) is 4.69. The molecule has 0 saturated heterocycles. The van der Waals surface area contributed by atoms with Gasteiger partial charge in [-0.25, -0.2) is 4.39 Å². The molecule has 1 unspecified atom stereocenters. The van der Waals surface area contributed by atoms with Crippen LogP contribution in [0.1, 0.15) is 29.7 Å². The van der Waals surface area contributed by atoms with Gasteiger partial charge in [0, 0.05) is 16.6 Å². The molecule has 21 heavy (non-hydrogen) atoms. The van der Waals surface area contributed by atoms with Gasteiger partial charge in [-0.3, -0.25) is 0 Å². The zero-order chi connectivity index (χ0) is 15.4. The molecule has 0 bridgehead atoms. The summed E-state index contributed by atoms with van der Waals surface area (Å²) in [6.07, 6.45) is 0. The molecule has 0 spiro atoms. The number of ether oxygens (including phenoxy) is 1. The first-order chi connectivity index (χ1) is 10.0. The van der Waals surface area contributed by atoms with Crippen molar-refractivity contribution in [2.24, 2.45) is 5.73 Å². The summed E-state index contributed by atoms with van der Waals surface area (Å²) in [6.45, 7) is 1.91. The number of benzene rings is 2. The van der Waals surface area contributed by atoms with Crippen LogP contribution in [0.25, 0.3) is 0 Å². The largest absolute Gasteiger partial charge is 0.486 e. The SMILES string of the molecule is CC(N)c1ccc(OCc2ccc(C#N)cc2Cl)c(F)c1. The van der Waals surface area contributed by atoms with Crippen molar-refractivity contribution in [1.82, 2.24) is 0 Å². The summed E-state index contributed by atoms with van der Waals surface area (Å²) in [5.41, 5.74) is 7.55. The Balaban J connectivity index is 2.12. The van der Waals surface area contributed by atoms with Crippen molar-refractivity contribution in [3.63, 3.8) is 0 Å². The van der Waals surface area contributed by atoms with E-state index in [0.717, 1.165) is 0 Å². The van der Waals surface area contributed by atoms with Crippen LogP contribution in [0.2, 0.25) is 5.02 Å². The minimum absolute atomic E-state index is 0.124. The topological polar surface area (TPSA) is 59.0 Å². The Bertz CT molecular complexity index is 695. The number of nitrogens with zero attached hydrogens (tertiary/aromatic N) is 1. The molecule has 2 aromatic rings. The van der Waals surface area contributed by atoms with Crippen LogP contribution in [0.5, 0.6) is 5.75 Å². The smallest absolute Gasteiger partial charge is 0.165 e. The summed E-state index contributed by atoms with van der Waals surface area (Å²) in [4.78, 5) is 0. The standard InChI is InChI=1S/C16H14ClFN2O/c1-10(20)12-4-5-16(15(18)7-12)21-9-13-3-2-11(8-19)6-14(13)17/h2-7,10H,9,20H2,1H3. The summed E-state index contributed by atoms with van der Waals surface area (Å²) in [5.74, 6) is -0.325. The van der Waals surface area contributed by atoms with E-state index in [-0.39, 0.29) is 18.4 Å². The van der Waals surface area contributed by atoms with Gasteiger partial charge in [0.05, 0.1) is 11.6 Å². The molecule has 0 saturated carbocycles. The van der Waals surface area contributed by atoms with Crippen LogP contribution < -0.4 is 10.5 Å². The van der Waals surface area contributed by atoms with E-state index in [1.54, 1.807) is 37.3 Å². The van der Waals surface area contributed by atoms with E-state index in [4.69, 9.17) is 27.3 Å². The number of halogens is 2. The first kappa shape index (κ1) is 15.3. The van der Waals surface area contributed by atoms with Gasteiger partial charge in [-0.2, -0.15) is 5.26 Å². The molecule has 0 amide bonds. The van der Waals surface area contributed by atoms with Crippen LogP contribution in [0.3, 0.4) is 0 Å². The van der Waals surface area contributed by atoms with Crippen LogP contribution in [0.4, 0.5) is 4.39 Å². The minimum Gasteiger partial charge on any atom is -0.486 e. The number of hydrogen-bond acceptors (Lipinski definition) is 3. The van der Waals surface area contributed by atoms with Crippen molar-refractivity contribution in [3.05, 3.63) is 63.9 Å². The predicted octanol–water partition coefficient (Wildman–Crippen LogP) is 3.95. The molecule has 0 aliphatic rings. The summed E-state index contributed by atoms with van der Waals surface area (Å²) < 4.78 is 19.3. The molecule has 108 valence electrons. The van der Waals surface area contributed by atoms with E-state index in [1.165, 1.54) is 6.07 Å². The van der Waals surface area contributed by atoms with Gasteiger partial charge in [0.25, 0.3) is 0 Å². The van der Waals surface area contributed by atoms with Crippen LogP contribution in [-0.4, -0.2) is 0 Å². The Hall–Kier alpha value is -2.09. The molecule has 0 heterocycles. The third-order valence-corrected chi connectivity index (χ3v) is 3.40. The van der Waals surface area contributed by atoms with E-state index < -0.39 is 5.82 Å². The minimum atomic E-state index is -0.463. The Labute approximate surface area is 127 Å². The Morgan fingerprint density at radius 2 is 2.10 bits per heavy atom. The predicted molar refractivity (Wildman–Crippen MR) is 79.5 cm³/mol. The summed E-state index contributed by atoms with van der Waals surface area (Å²) >= 11 is 6.04. The molecular weight excluding hydrogens is 291 g/mol. The van der Waals surface area contributed by atoms with Crippen molar-refractivity contribution in [2.75, 3.05) is 0 Å². The maximum atomic E-state index is 13.9. The highest BCUT2D eigenvalue weighted by Gasteiger charge is 2.09. The Morgan fingerprint density at radius 1 is 1.33 bits per heavy atom. The molecule has 5 heteroatoms. The molecular formula is C16H14ClFN2O. The van der Waals surface area contributed by atoms with Crippen LogP contribution >= 0.6 is 11.6 Å². The fourth-order valence-electron chi connectivity index (χ4n) is 1.81.